The maximum absolute atomic E-state index is 13.0. The molecule has 9 heteroatoms. The molecule has 31 heavy (non-hydrogen) atoms. The number of ether oxygens (including phenoxy) is 1. The van der Waals surface area contributed by atoms with Crippen molar-refractivity contribution in [3.05, 3.63) is 60.2 Å². The zero-order valence-electron chi connectivity index (χ0n) is 17.6. The summed E-state index contributed by atoms with van der Waals surface area (Å²) < 4.78 is 32.9. The molecule has 0 spiro atoms. The first-order valence-electron chi connectivity index (χ1n) is 10.3. The number of likely N-dealkylation sites (tertiary alicyclic amines) is 1. The van der Waals surface area contributed by atoms with E-state index in [1.807, 2.05) is 35.2 Å². The SMILES string of the molecule is CN(CC(C(=O)NO)N1CCCCC1)S(=O)(=O)c1ccc(OCc2ccccc2)cc1. The Balaban J connectivity index is 1.66. The Bertz CT molecular complexity index is 945. The van der Waals surface area contributed by atoms with E-state index in [0.29, 0.717) is 25.4 Å². The fraction of sp³-hybridized carbons (Fsp3) is 0.409. The van der Waals surface area contributed by atoms with Crippen molar-refractivity contribution in [1.82, 2.24) is 14.7 Å². The second kappa shape index (κ2) is 10.7. The maximum atomic E-state index is 13.0. The van der Waals surface area contributed by atoms with Crippen LogP contribution in [-0.2, 0) is 21.4 Å². The molecule has 1 unspecified atom stereocenters. The molecule has 3 rings (SSSR count). The maximum Gasteiger partial charge on any atom is 0.262 e. The van der Waals surface area contributed by atoms with E-state index in [4.69, 9.17) is 9.94 Å². The smallest absolute Gasteiger partial charge is 0.262 e. The molecule has 1 atom stereocenters. The van der Waals surface area contributed by atoms with Crippen LogP contribution in [0.3, 0.4) is 0 Å². The number of nitrogens with one attached hydrogen (secondary N) is 1. The minimum atomic E-state index is -3.81. The van der Waals surface area contributed by atoms with Crippen LogP contribution in [0.2, 0.25) is 0 Å². The van der Waals surface area contributed by atoms with Crippen LogP contribution in [0, 0.1) is 0 Å². The number of carbonyl (C=O) groups excluding carboxylic acids is 1. The summed E-state index contributed by atoms with van der Waals surface area (Å²) in [5, 5.41) is 9.12. The number of rotatable bonds is 9. The van der Waals surface area contributed by atoms with E-state index in [1.165, 1.54) is 19.2 Å². The molecule has 1 saturated heterocycles. The van der Waals surface area contributed by atoms with Crippen LogP contribution in [0.15, 0.2) is 59.5 Å². The summed E-state index contributed by atoms with van der Waals surface area (Å²) in [7, 11) is -2.37. The van der Waals surface area contributed by atoms with Gasteiger partial charge in [0, 0.05) is 13.6 Å². The van der Waals surface area contributed by atoms with Crippen LogP contribution in [0.4, 0.5) is 0 Å². The quantitative estimate of drug-likeness (QED) is 0.452. The third-order valence-corrected chi connectivity index (χ3v) is 7.29. The van der Waals surface area contributed by atoms with Crippen LogP contribution in [0.5, 0.6) is 5.75 Å². The molecule has 2 N–H and O–H groups in total. The minimum Gasteiger partial charge on any atom is -0.489 e. The summed E-state index contributed by atoms with van der Waals surface area (Å²) >= 11 is 0. The number of piperidine rings is 1. The standard InChI is InChI=1S/C22H29N3O5S/c1-24(16-21(22(26)23-27)25-14-6-3-7-15-25)31(28,29)20-12-10-19(11-13-20)30-17-18-8-4-2-5-9-18/h2,4-5,8-13,21,27H,3,6-7,14-17H2,1H3,(H,23,26). The van der Waals surface area contributed by atoms with Gasteiger partial charge in [0.05, 0.1) is 4.90 Å². The van der Waals surface area contributed by atoms with Gasteiger partial charge in [-0.05, 0) is 55.8 Å². The Hall–Kier alpha value is -2.46. The third kappa shape index (κ3) is 6.04. The van der Waals surface area contributed by atoms with Crippen molar-refractivity contribution < 1.29 is 23.2 Å². The van der Waals surface area contributed by atoms with E-state index in [1.54, 1.807) is 17.6 Å². The fourth-order valence-corrected chi connectivity index (χ4v) is 4.82. The first-order valence-corrected chi connectivity index (χ1v) is 11.8. The lowest BCUT2D eigenvalue weighted by molar-refractivity contribution is -0.135. The molecule has 0 aromatic heterocycles. The van der Waals surface area contributed by atoms with Gasteiger partial charge < -0.3 is 4.74 Å². The molecule has 2 aromatic rings. The van der Waals surface area contributed by atoms with Gasteiger partial charge in [0.2, 0.25) is 10.0 Å². The summed E-state index contributed by atoms with van der Waals surface area (Å²) in [5.41, 5.74) is 2.69. The number of nitrogens with zero attached hydrogens (tertiary/aromatic N) is 2. The average molecular weight is 448 g/mol. The normalized spacial score (nSPS) is 16.1. The highest BCUT2D eigenvalue weighted by Gasteiger charge is 2.32. The second-order valence-electron chi connectivity index (χ2n) is 7.62. The van der Waals surface area contributed by atoms with Crippen LogP contribution in [-0.4, -0.2) is 61.5 Å². The van der Waals surface area contributed by atoms with Crippen LogP contribution >= 0.6 is 0 Å². The Morgan fingerprint density at radius 3 is 2.35 bits per heavy atom. The third-order valence-electron chi connectivity index (χ3n) is 5.45. The lowest BCUT2D eigenvalue weighted by atomic mass is 10.1. The van der Waals surface area contributed by atoms with E-state index in [9.17, 15) is 13.2 Å². The van der Waals surface area contributed by atoms with Gasteiger partial charge in [-0.15, -0.1) is 0 Å². The minimum absolute atomic E-state index is 0.0546. The highest BCUT2D eigenvalue weighted by Crippen LogP contribution is 2.21. The summed E-state index contributed by atoms with van der Waals surface area (Å²) in [6.07, 6.45) is 2.96. The number of amides is 1. The first kappa shape index (κ1) is 23.2. The van der Waals surface area contributed by atoms with Crippen molar-refractivity contribution in [3.63, 3.8) is 0 Å². The number of likely N-dealkylation sites (N-methyl/N-ethyl adjacent to an activating group) is 1. The van der Waals surface area contributed by atoms with E-state index >= 15 is 0 Å². The molecule has 0 radical (unpaired) electrons. The molecule has 0 saturated carbocycles. The van der Waals surface area contributed by atoms with Gasteiger partial charge in [-0.1, -0.05) is 36.8 Å². The lowest BCUT2D eigenvalue weighted by Crippen LogP contribution is -2.53. The number of hydrogen-bond donors (Lipinski definition) is 2. The number of benzene rings is 2. The van der Waals surface area contributed by atoms with Crippen molar-refractivity contribution in [2.24, 2.45) is 0 Å². The van der Waals surface area contributed by atoms with Crippen LogP contribution in [0.25, 0.3) is 0 Å². The monoisotopic (exact) mass is 447 g/mol. The van der Waals surface area contributed by atoms with E-state index in [0.717, 1.165) is 29.1 Å². The molecule has 168 valence electrons. The van der Waals surface area contributed by atoms with Crippen molar-refractivity contribution in [1.29, 1.82) is 0 Å². The summed E-state index contributed by atoms with van der Waals surface area (Å²) in [6.45, 7) is 1.72. The molecule has 1 amide bonds. The Kier molecular flexibility index (Phi) is 8.03. The molecular weight excluding hydrogens is 418 g/mol. The number of sulfonamides is 1. The van der Waals surface area contributed by atoms with Crippen molar-refractivity contribution in [2.45, 2.75) is 36.8 Å². The molecule has 1 fully saturated rings. The van der Waals surface area contributed by atoms with Gasteiger partial charge in [-0.25, -0.2) is 13.9 Å². The number of hydroxylamine groups is 1. The fourth-order valence-electron chi connectivity index (χ4n) is 3.64. The predicted molar refractivity (Wildman–Crippen MR) is 116 cm³/mol. The molecule has 0 aliphatic carbocycles. The Morgan fingerprint density at radius 2 is 1.74 bits per heavy atom. The summed E-state index contributed by atoms with van der Waals surface area (Å²) in [6, 6.07) is 15.2. The molecule has 1 aliphatic rings. The van der Waals surface area contributed by atoms with Crippen molar-refractivity contribution >= 4 is 15.9 Å². The van der Waals surface area contributed by atoms with Crippen LogP contribution in [0.1, 0.15) is 24.8 Å². The second-order valence-corrected chi connectivity index (χ2v) is 9.66. The van der Waals surface area contributed by atoms with Gasteiger partial charge >= 0.3 is 0 Å². The Labute approximate surface area is 183 Å². The van der Waals surface area contributed by atoms with Gasteiger partial charge in [0.15, 0.2) is 0 Å². The average Bonchev–Trinajstić information content (AvgIpc) is 2.82. The van der Waals surface area contributed by atoms with Crippen molar-refractivity contribution in [3.8, 4) is 5.75 Å². The summed E-state index contributed by atoms with van der Waals surface area (Å²) in [5.74, 6) is -0.0371. The lowest BCUT2D eigenvalue weighted by Gasteiger charge is -2.34. The van der Waals surface area contributed by atoms with E-state index in [2.05, 4.69) is 0 Å². The van der Waals surface area contributed by atoms with E-state index in [-0.39, 0.29) is 11.4 Å². The molecule has 0 bridgehead atoms. The molecular formula is C22H29N3O5S. The van der Waals surface area contributed by atoms with Gasteiger partial charge in [0.25, 0.3) is 5.91 Å². The first-order chi connectivity index (χ1) is 14.9. The largest absolute Gasteiger partial charge is 0.489 e. The number of hydrogen-bond acceptors (Lipinski definition) is 6. The van der Waals surface area contributed by atoms with E-state index < -0.39 is 22.0 Å². The van der Waals surface area contributed by atoms with Crippen LogP contribution < -0.4 is 10.2 Å². The van der Waals surface area contributed by atoms with Gasteiger partial charge in [-0.2, -0.15) is 4.31 Å². The molecule has 1 aliphatic heterocycles. The Morgan fingerprint density at radius 1 is 1.10 bits per heavy atom. The predicted octanol–water partition coefficient (Wildman–Crippen LogP) is 2.25. The zero-order valence-corrected chi connectivity index (χ0v) is 18.4. The van der Waals surface area contributed by atoms with Gasteiger partial charge in [-0.3, -0.25) is 14.9 Å². The molecule has 8 nitrogen and oxygen atoms in total. The molecule has 1 heterocycles. The highest BCUT2D eigenvalue weighted by molar-refractivity contribution is 7.89. The molecule has 2 aromatic carbocycles. The van der Waals surface area contributed by atoms with Crippen molar-refractivity contribution in [2.75, 3.05) is 26.7 Å². The zero-order chi connectivity index (χ0) is 22.3. The van der Waals surface area contributed by atoms with Gasteiger partial charge in [0.1, 0.15) is 18.4 Å². The number of carbonyl (C=O) groups is 1. The highest BCUT2D eigenvalue weighted by atomic mass is 32.2. The summed E-state index contributed by atoms with van der Waals surface area (Å²) in [4.78, 5) is 14.2. The topological polar surface area (TPSA) is 99.2 Å².